The van der Waals surface area contributed by atoms with Crippen LogP contribution in [0.25, 0.3) is 43.6 Å². The summed E-state index contributed by atoms with van der Waals surface area (Å²) in [7, 11) is 0. The van der Waals surface area contributed by atoms with Gasteiger partial charge in [0.1, 0.15) is 22.9 Å². The van der Waals surface area contributed by atoms with Crippen molar-refractivity contribution in [1.82, 2.24) is 19.9 Å². The number of carbonyl (C=O) groups is 2. The van der Waals surface area contributed by atoms with Crippen LogP contribution < -0.4 is 20.4 Å². The first kappa shape index (κ1) is 37.2. The number of aromatic amines is 4. The van der Waals surface area contributed by atoms with Crippen LogP contribution in [0.3, 0.4) is 0 Å². The van der Waals surface area contributed by atoms with Crippen molar-refractivity contribution in [2.75, 3.05) is 45.3 Å². The number of amides is 2. The number of phenolic OH excluding ortho intramolecular Hbond substituents is 2. The summed E-state index contributed by atoms with van der Waals surface area (Å²) in [5.41, 5.74) is 9.77. The standard InChI is InChI=1S/C44H36Cl2N10O4/c1-20-15-48-40-34(57)11-32-38(36(20)40)24(13-45)17-55(32)42(59)30-9-22-7-26(3-5-28(22)53-30)51-44(50-19-47)52-27-4-6-29-23(8-27)10-31(54-29)43(60)56-18-25(14-46)39-33(56)12-35(58)41-37(39)21(2)16-49-41/h3-12,15-16,24-25,48-49,53-54,57-58H,13-14,17-18H2,1-2H3,(H2,50,51,52)/t24-,25-/m1/s1. The van der Waals surface area contributed by atoms with E-state index in [0.29, 0.717) is 70.0 Å². The van der Waals surface area contributed by atoms with E-state index in [9.17, 15) is 25.1 Å². The van der Waals surface area contributed by atoms with Crippen LogP contribution in [0.5, 0.6) is 11.5 Å². The summed E-state index contributed by atoms with van der Waals surface area (Å²) in [5.74, 6) is 0.209. The number of H-pyrrole nitrogens is 4. The fraction of sp³-hybridized carbons (Fsp3) is 0.182. The molecule has 10 rings (SSSR count). The van der Waals surface area contributed by atoms with Crippen LogP contribution in [-0.2, 0) is 0 Å². The van der Waals surface area contributed by atoms with Gasteiger partial charge in [0.2, 0.25) is 12.2 Å². The van der Waals surface area contributed by atoms with Crippen LogP contribution in [0.1, 0.15) is 55.1 Å². The number of alkyl halides is 2. The summed E-state index contributed by atoms with van der Waals surface area (Å²) in [4.78, 5) is 48.1. The number of aliphatic imine (C=N–C) groups is 1. The molecule has 0 saturated carbocycles. The van der Waals surface area contributed by atoms with Crippen LogP contribution in [-0.4, -0.2) is 72.8 Å². The molecule has 0 spiro atoms. The number of anilines is 4. The Morgan fingerprint density at radius 2 is 1.20 bits per heavy atom. The Kier molecular flexibility index (Phi) is 8.71. The smallest absolute Gasteiger partial charge is 0.274 e. The number of guanidine groups is 1. The lowest BCUT2D eigenvalue weighted by Gasteiger charge is -2.17. The van der Waals surface area contributed by atoms with E-state index < -0.39 is 0 Å². The molecular formula is C44H36Cl2N10O4. The molecule has 2 atom stereocenters. The first-order valence-corrected chi connectivity index (χ1v) is 20.3. The Bertz CT molecular complexity index is 2990. The first-order chi connectivity index (χ1) is 29.0. The van der Waals surface area contributed by atoms with Crippen LogP contribution in [0, 0.1) is 25.3 Å². The van der Waals surface area contributed by atoms with Gasteiger partial charge in [0, 0.05) is 105 Å². The van der Waals surface area contributed by atoms with E-state index in [4.69, 9.17) is 23.2 Å². The van der Waals surface area contributed by atoms with Crippen molar-refractivity contribution in [3.8, 4) is 17.7 Å². The highest BCUT2D eigenvalue weighted by Gasteiger charge is 2.38. The number of phenols is 2. The minimum Gasteiger partial charge on any atom is -0.506 e. The number of benzene rings is 4. The number of carbonyl (C=O) groups excluding carboxylic acids is 2. The van der Waals surface area contributed by atoms with Gasteiger partial charge in [0.05, 0.1) is 22.4 Å². The van der Waals surface area contributed by atoms with E-state index in [1.807, 2.05) is 56.7 Å². The normalized spacial score (nSPS) is 15.8. The molecule has 8 N–H and O–H groups in total. The van der Waals surface area contributed by atoms with E-state index in [0.717, 1.165) is 54.8 Å². The molecule has 6 heterocycles. The number of hydrogen-bond donors (Lipinski definition) is 8. The van der Waals surface area contributed by atoms with Gasteiger partial charge in [0.15, 0.2) is 0 Å². The van der Waals surface area contributed by atoms with E-state index >= 15 is 0 Å². The van der Waals surface area contributed by atoms with Crippen molar-refractivity contribution in [3.05, 3.63) is 107 Å². The SMILES string of the molecule is Cc1c[nH]c2c(O)cc3c(c12)[C@H](CCl)CN3C(=O)c1cc2cc(NC(=NC#N)Nc3ccc4[nH]c(C(=O)N5C[C@@H](CCl)c6c5cc(O)c5[nH]cc(C)c65)cc4c3)ccc2[nH]1. The van der Waals surface area contributed by atoms with Gasteiger partial charge in [0.25, 0.3) is 11.8 Å². The second-order valence-electron chi connectivity index (χ2n) is 15.4. The van der Waals surface area contributed by atoms with Gasteiger partial charge in [-0.25, -0.2) is 0 Å². The summed E-state index contributed by atoms with van der Waals surface area (Å²) in [6, 6.07) is 17.7. The molecule has 0 aliphatic carbocycles. The number of aromatic nitrogens is 4. The number of aromatic hydroxyl groups is 2. The third-order valence-electron chi connectivity index (χ3n) is 11.8. The number of aryl methyl sites for hydroxylation is 2. The molecule has 16 heteroatoms. The van der Waals surface area contributed by atoms with Gasteiger partial charge in [-0.05, 0) is 84.6 Å². The molecule has 4 aromatic heterocycles. The molecule has 8 aromatic rings. The maximum absolute atomic E-state index is 14.0. The predicted molar refractivity (Wildman–Crippen MR) is 237 cm³/mol. The zero-order valence-electron chi connectivity index (χ0n) is 32.2. The maximum atomic E-state index is 14.0. The number of nitrogens with one attached hydrogen (secondary N) is 6. The molecule has 2 amide bonds. The highest BCUT2D eigenvalue weighted by atomic mass is 35.5. The van der Waals surface area contributed by atoms with Crippen molar-refractivity contribution in [3.63, 3.8) is 0 Å². The molecule has 0 saturated heterocycles. The summed E-state index contributed by atoms with van der Waals surface area (Å²) in [5, 5.41) is 40.8. The molecule has 0 radical (unpaired) electrons. The number of nitriles is 1. The van der Waals surface area contributed by atoms with Crippen molar-refractivity contribution in [1.29, 1.82) is 5.26 Å². The number of rotatable bonds is 6. The van der Waals surface area contributed by atoms with Gasteiger partial charge in [-0.3, -0.25) is 9.59 Å². The zero-order valence-corrected chi connectivity index (χ0v) is 33.7. The topological polar surface area (TPSA) is 204 Å². The lowest BCUT2D eigenvalue weighted by atomic mass is 9.97. The third kappa shape index (κ3) is 5.80. The molecule has 14 nitrogen and oxygen atoms in total. The number of hydrogen-bond acceptors (Lipinski definition) is 6. The summed E-state index contributed by atoms with van der Waals surface area (Å²) >= 11 is 12.8. The molecule has 4 aromatic carbocycles. The van der Waals surface area contributed by atoms with Crippen LogP contribution in [0.15, 0.2) is 78.0 Å². The molecule has 2 aliphatic heterocycles. The molecular weight excluding hydrogens is 803 g/mol. The number of nitrogens with zero attached hydrogens (tertiary/aromatic N) is 4. The van der Waals surface area contributed by atoms with Crippen LogP contribution in [0.4, 0.5) is 22.7 Å². The van der Waals surface area contributed by atoms with Gasteiger partial charge >= 0.3 is 0 Å². The van der Waals surface area contributed by atoms with Crippen LogP contribution >= 0.6 is 23.2 Å². The van der Waals surface area contributed by atoms with Gasteiger partial charge in [-0.15, -0.1) is 28.2 Å². The molecule has 60 heavy (non-hydrogen) atoms. The molecule has 2 aliphatic rings. The quantitative estimate of drug-likeness (QED) is 0.0353. The number of fused-ring (bicyclic) bond motifs is 8. The maximum Gasteiger partial charge on any atom is 0.274 e. The lowest BCUT2D eigenvalue weighted by molar-refractivity contribution is 0.0977. The predicted octanol–water partition coefficient (Wildman–Crippen LogP) is 8.97. The first-order valence-electron chi connectivity index (χ1n) is 19.2. The average Bonchev–Trinajstić information content (AvgIpc) is 4.10. The summed E-state index contributed by atoms with van der Waals surface area (Å²) < 4.78 is 0. The minimum absolute atomic E-state index is 0.0648. The van der Waals surface area contributed by atoms with Gasteiger partial charge < -0.3 is 50.6 Å². The zero-order chi connectivity index (χ0) is 41.6. The van der Waals surface area contributed by atoms with Crippen molar-refractivity contribution in [2.24, 2.45) is 4.99 Å². The Morgan fingerprint density at radius 3 is 1.62 bits per heavy atom. The van der Waals surface area contributed by atoms with E-state index in [1.165, 1.54) is 0 Å². The van der Waals surface area contributed by atoms with E-state index in [2.05, 4.69) is 35.6 Å². The van der Waals surface area contributed by atoms with E-state index in [1.54, 1.807) is 46.2 Å². The van der Waals surface area contributed by atoms with Gasteiger partial charge in [-0.1, -0.05) is 0 Å². The van der Waals surface area contributed by atoms with Gasteiger partial charge in [-0.2, -0.15) is 5.26 Å². The Morgan fingerprint density at radius 1 is 0.750 bits per heavy atom. The molecule has 0 fully saturated rings. The summed E-state index contributed by atoms with van der Waals surface area (Å²) in [6.45, 7) is 4.67. The largest absolute Gasteiger partial charge is 0.506 e. The van der Waals surface area contributed by atoms with Crippen molar-refractivity contribution >= 4 is 107 Å². The summed E-state index contributed by atoms with van der Waals surface area (Å²) in [6.07, 6.45) is 5.52. The second-order valence-corrected chi connectivity index (χ2v) is 16.0. The van der Waals surface area contributed by atoms with E-state index in [-0.39, 0.29) is 41.1 Å². The molecule has 300 valence electrons. The van der Waals surface area contributed by atoms with Crippen LogP contribution in [0.2, 0.25) is 0 Å². The lowest BCUT2D eigenvalue weighted by Crippen LogP contribution is -2.30. The fourth-order valence-corrected chi connectivity index (χ4v) is 9.54. The monoisotopic (exact) mass is 838 g/mol. The second kappa shape index (κ2) is 14.0. The average molecular weight is 840 g/mol. The Hall–Kier alpha value is -7.08. The number of halogens is 2. The highest BCUT2D eigenvalue weighted by molar-refractivity contribution is 6.20. The minimum atomic E-state index is -0.253. The highest BCUT2D eigenvalue weighted by Crippen LogP contribution is 2.48. The Balaban J connectivity index is 0.876. The van der Waals surface area contributed by atoms with Crippen molar-refractivity contribution in [2.45, 2.75) is 25.7 Å². The molecule has 0 bridgehead atoms. The molecule has 0 unspecified atom stereocenters. The Labute approximate surface area is 351 Å². The van der Waals surface area contributed by atoms with Crippen molar-refractivity contribution < 1.29 is 19.8 Å². The third-order valence-corrected chi connectivity index (χ3v) is 12.5. The fourth-order valence-electron chi connectivity index (χ4n) is 9.04.